The minimum Gasteiger partial charge on any atom is -0.504 e. The maximum Gasteiger partial charge on any atom is 0.206 e. The number of hydrogen-bond acceptors (Lipinski definition) is 7. The molecular formula is C19H20O7. The lowest BCUT2D eigenvalue weighted by molar-refractivity contribution is 0.0307. The lowest BCUT2D eigenvalue weighted by Gasteiger charge is -2.15. The van der Waals surface area contributed by atoms with Crippen molar-refractivity contribution in [1.82, 2.24) is 0 Å². The minimum absolute atomic E-state index is 0.0369. The Balaban J connectivity index is 2.24. The molecule has 2 rings (SSSR count). The van der Waals surface area contributed by atoms with Gasteiger partial charge in [-0.3, -0.25) is 9.59 Å². The number of carbonyl (C=O) groups is 2. The lowest BCUT2D eigenvalue weighted by Crippen LogP contribution is -2.10. The molecule has 0 heterocycles. The van der Waals surface area contributed by atoms with Crippen LogP contribution in [0.2, 0.25) is 0 Å². The zero-order valence-corrected chi connectivity index (χ0v) is 14.6. The van der Waals surface area contributed by atoms with Crippen LogP contribution in [0.15, 0.2) is 42.5 Å². The van der Waals surface area contributed by atoms with E-state index in [-0.39, 0.29) is 42.9 Å². The number of phenols is 1. The van der Waals surface area contributed by atoms with Crippen LogP contribution in [-0.2, 0) is 9.47 Å². The molecule has 0 aromatic heterocycles. The molecule has 0 fully saturated rings. The Hall–Kier alpha value is -2.90. The number of benzene rings is 2. The minimum atomic E-state index is -0.531. The van der Waals surface area contributed by atoms with Gasteiger partial charge in [0, 0.05) is 19.8 Å². The van der Waals surface area contributed by atoms with Crippen molar-refractivity contribution in [3.05, 3.63) is 53.6 Å². The Morgan fingerprint density at radius 3 is 2.19 bits per heavy atom. The molecule has 0 radical (unpaired) electrons. The van der Waals surface area contributed by atoms with E-state index in [4.69, 9.17) is 18.9 Å². The smallest absolute Gasteiger partial charge is 0.206 e. The highest BCUT2D eigenvalue weighted by Gasteiger charge is 2.22. The fourth-order valence-electron chi connectivity index (χ4n) is 2.24. The van der Waals surface area contributed by atoms with E-state index in [0.29, 0.717) is 5.56 Å². The molecule has 2 aromatic carbocycles. The largest absolute Gasteiger partial charge is 0.504 e. The first-order valence-electron chi connectivity index (χ1n) is 7.79. The number of Topliss-reactive ketones (excluding diaryl/α,β-unsaturated/α-hetero) is 2. The molecule has 26 heavy (non-hydrogen) atoms. The van der Waals surface area contributed by atoms with Gasteiger partial charge in [-0.15, -0.1) is 0 Å². The first kappa shape index (κ1) is 19.4. The summed E-state index contributed by atoms with van der Waals surface area (Å²) in [5.41, 5.74) is 0.390. The fraction of sp³-hybridized carbons (Fsp3) is 0.263. The second-order valence-corrected chi connectivity index (χ2v) is 5.28. The van der Waals surface area contributed by atoms with Gasteiger partial charge in [0.1, 0.15) is 0 Å². The summed E-state index contributed by atoms with van der Waals surface area (Å²) in [4.78, 5) is 24.7. The van der Waals surface area contributed by atoms with Crippen molar-refractivity contribution < 1.29 is 33.6 Å². The molecule has 7 nitrogen and oxygen atoms in total. The van der Waals surface area contributed by atoms with Gasteiger partial charge in [0.15, 0.2) is 36.7 Å². The van der Waals surface area contributed by atoms with Gasteiger partial charge in [-0.1, -0.05) is 30.3 Å². The quantitative estimate of drug-likeness (QED) is 0.396. The average Bonchev–Trinajstić information content (AvgIpc) is 2.66. The Labute approximate surface area is 151 Å². The summed E-state index contributed by atoms with van der Waals surface area (Å²) in [5, 5.41) is 10.4. The van der Waals surface area contributed by atoms with Crippen LogP contribution in [0.5, 0.6) is 17.2 Å². The Kier molecular flexibility index (Phi) is 7.13. The normalized spacial score (nSPS) is 10.4. The number of methoxy groups -OCH3 is 2. The van der Waals surface area contributed by atoms with Gasteiger partial charge in [-0.25, -0.2) is 0 Å². The molecule has 0 amide bonds. The highest BCUT2D eigenvalue weighted by atomic mass is 16.7. The summed E-state index contributed by atoms with van der Waals surface area (Å²) >= 11 is 0. The molecule has 0 aliphatic carbocycles. The third-order valence-electron chi connectivity index (χ3n) is 3.47. The molecular weight excluding hydrogens is 340 g/mol. The predicted molar refractivity (Wildman–Crippen MR) is 92.8 cm³/mol. The zero-order chi connectivity index (χ0) is 18.9. The molecule has 7 heteroatoms. The van der Waals surface area contributed by atoms with Gasteiger partial charge >= 0.3 is 0 Å². The van der Waals surface area contributed by atoms with E-state index in [1.165, 1.54) is 26.4 Å². The summed E-state index contributed by atoms with van der Waals surface area (Å²) in [5.74, 6) is -1.15. The molecule has 0 atom stereocenters. The summed E-state index contributed by atoms with van der Waals surface area (Å²) in [6.07, 6.45) is -0.375. The molecule has 1 N–H and O–H groups in total. The van der Waals surface area contributed by atoms with Gasteiger partial charge in [0.25, 0.3) is 0 Å². The first-order valence-corrected chi connectivity index (χ1v) is 7.79. The number of phenolic OH excluding ortho intramolecular Hbond substituents is 1. The molecule has 0 bridgehead atoms. The van der Waals surface area contributed by atoms with Gasteiger partial charge in [0.2, 0.25) is 5.75 Å². The molecule has 0 spiro atoms. The zero-order valence-electron chi connectivity index (χ0n) is 14.6. The van der Waals surface area contributed by atoms with E-state index in [1.807, 2.05) is 0 Å². The van der Waals surface area contributed by atoms with Crippen molar-refractivity contribution in [3.8, 4) is 17.2 Å². The maximum absolute atomic E-state index is 12.5. The van der Waals surface area contributed by atoms with Crippen LogP contribution in [0, 0.1) is 0 Å². The second kappa shape index (κ2) is 9.55. The maximum atomic E-state index is 12.5. The Morgan fingerprint density at radius 2 is 1.54 bits per heavy atom. The van der Waals surface area contributed by atoms with Gasteiger partial charge in [-0.2, -0.15) is 0 Å². The van der Waals surface area contributed by atoms with Crippen LogP contribution in [-0.4, -0.2) is 44.5 Å². The topological polar surface area (TPSA) is 91.3 Å². The van der Waals surface area contributed by atoms with Crippen LogP contribution >= 0.6 is 0 Å². The van der Waals surface area contributed by atoms with E-state index in [9.17, 15) is 14.7 Å². The predicted octanol–water partition coefficient (Wildman–Crippen LogP) is 2.81. The number of ketones is 2. The van der Waals surface area contributed by atoms with E-state index >= 15 is 0 Å². The lowest BCUT2D eigenvalue weighted by atomic mass is 10.0. The molecule has 0 saturated carbocycles. The van der Waals surface area contributed by atoms with Crippen molar-refractivity contribution in [2.24, 2.45) is 0 Å². The van der Waals surface area contributed by atoms with E-state index in [1.54, 1.807) is 30.3 Å². The Bertz CT molecular complexity index is 756. The Morgan fingerprint density at radius 1 is 0.885 bits per heavy atom. The van der Waals surface area contributed by atoms with Crippen molar-refractivity contribution in [1.29, 1.82) is 0 Å². The van der Waals surface area contributed by atoms with Crippen LogP contribution in [0.25, 0.3) is 0 Å². The molecule has 0 saturated heterocycles. The highest BCUT2D eigenvalue weighted by molar-refractivity contribution is 6.14. The van der Waals surface area contributed by atoms with Gasteiger partial charge in [0.05, 0.1) is 12.0 Å². The second-order valence-electron chi connectivity index (χ2n) is 5.28. The number of aromatic hydroxyl groups is 1. The molecule has 0 unspecified atom stereocenters. The molecule has 2 aromatic rings. The third kappa shape index (κ3) is 4.81. The van der Waals surface area contributed by atoms with E-state index < -0.39 is 11.5 Å². The monoisotopic (exact) mass is 360 g/mol. The summed E-state index contributed by atoms with van der Waals surface area (Å²) in [6, 6.07) is 11.3. The van der Waals surface area contributed by atoms with Crippen LogP contribution in [0.4, 0.5) is 0 Å². The highest BCUT2D eigenvalue weighted by Crippen LogP contribution is 2.40. The third-order valence-corrected chi connectivity index (χ3v) is 3.47. The molecule has 0 aliphatic heterocycles. The van der Waals surface area contributed by atoms with E-state index in [0.717, 1.165) is 0 Å². The number of hydrogen-bond donors (Lipinski definition) is 1. The van der Waals surface area contributed by atoms with Crippen LogP contribution in [0.3, 0.4) is 0 Å². The van der Waals surface area contributed by atoms with Gasteiger partial charge in [-0.05, 0) is 12.1 Å². The SMILES string of the molecule is COCOc1ccc(C(=O)CC(=O)c2ccccc2)c(O)c1OCOC. The van der Waals surface area contributed by atoms with E-state index in [2.05, 4.69) is 0 Å². The van der Waals surface area contributed by atoms with Crippen LogP contribution in [0.1, 0.15) is 27.1 Å². The number of rotatable bonds is 10. The average molecular weight is 360 g/mol. The number of carbonyl (C=O) groups excluding carboxylic acids is 2. The van der Waals surface area contributed by atoms with Crippen molar-refractivity contribution >= 4 is 11.6 Å². The van der Waals surface area contributed by atoms with Crippen molar-refractivity contribution in [2.45, 2.75) is 6.42 Å². The molecule has 138 valence electrons. The summed E-state index contributed by atoms with van der Waals surface area (Å²) in [6.45, 7) is -0.222. The first-order chi connectivity index (χ1) is 12.6. The summed E-state index contributed by atoms with van der Waals surface area (Å²) in [7, 11) is 2.86. The van der Waals surface area contributed by atoms with Crippen LogP contribution < -0.4 is 9.47 Å². The number of ether oxygens (including phenoxy) is 4. The van der Waals surface area contributed by atoms with Crippen molar-refractivity contribution in [2.75, 3.05) is 27.8 Å². The summed E-state index contributed by atoms with van der Waals surface area (Å²) < 4.78 is 20.3. The van der Waals surface area contributed by atoms with Gasteiger partial charge < -0.3 is 24.1 Å². The fourth-order valence-corrected chi connectivity index (χ4v) is 2.24. The standard InChI is InChI=1S/C19H20O7/c1-23-11-25-17-9-8-14(18(22)19(17)26-12-24-2)16(21)10-15(20)13-6-4-3-5-7-13/h3-9,22H,10-12H2,1-2H3. The van der Waals surface area contributed by atoms with Crippen molar-refractivity contribution in [3.63, 3.8) is 0 Å². The molecule has 0 aliphatic rings.